The fourth-order valence-corrected chi connectivity index (χ4v) is 4.86. The molecule has 0 unspecified atom stereocenters. The summed E-state index contributed by atoms with van der Waals surface area (Å²) in [6, 6.07) is -2.90. The molecule has 0 aromatic carbocycles. The molecule has 18 heteroatoms. The summed E-state index contributed by atoms with van der Waals surface area (Å²) >= 11 is 0. The minimum Gasteiger partial charge on any atom is -0.394 e. The van der Waals surface area contributed by atoms with Crippen LogP contribution in [0, 0.1) is 0 Å². The van der Waals surface area contributed by atoms with Crippen LogP contribution in [0.2, 0.25) is 0 Å². The van der Waals surface area contributed by atoms with Gasteiger partial charge in [-0.1, -0.05) is 0 Å². The highest BCUT2D eigenvalue weighted by molar-refractivity contribution is 5.73. The van der Waals surface area contributed by atoms with Gasteiger partial charge in [0.2, 0.25) is 11.8 Å². The molecule has 3 heterocycles. The first-order valence-corrected chi connectivity index (χ1v) is 12.6. The van der Waals surface area contributed by atoms with Crippen molar-refractivity contribution in [1.29, 1.82) is 0 Å². The molecule has 0 saturated carbocycles. The van der Waals surface area contributed by atoms with Crippen LogP contribution in [0.1, 0.15) is 13.8 Å². The van der Waals surface area contributed by atoms with Gasteiger partial charge in [0.25, 0.3) is 0 Å². The lowest BCUT2D eigenvalue weighted by atomic mass is 9.94. The maximum atomic E-state index is 12.1. The van der Waals surface area contributed by atoms with E-state index in [9.17, 15) is 55.5 Å². The lowest BCUT2D eigenvalue weighted by Gasteiger charge is -2.49. The predicted molar refractivity (Wildman–Crippen MR) is 124 cm³/mol. The molecule has 0 spiro atoms. The van der Waals surface area contributed by atoms with Gasteiger partial charge in [-0.2, -0.15) is 0 Å². The second kappa shape index (κ2) is 14.0. The van der Waals surface area contributed by atoms with Crippen molar-refractivity contribution in [3.63, 3.8) is 0 Å². The highest BCUT2D eigenvalue weighted by Gasteiger charge is 2.54. The lowest BCUT2D eigenvalue weighted by molar-refractivity contribution is -0.356. The average Bonchev–Trinajstić information content (AvgIpc) is 2.90. The Bertz CT molecular complexity index is 852. The van der Waals surface area contributed by atoms with Gasteiger partial charge in [0, 0.05) is 13.8 Å². The van der Waals surface area contributed by atoms with Crippen molar-refractivity contribution in [1.82, 2.24) is 10.6 Å². The molecule has 3 aliphatic heterocycles. The maximum absolute atomic E-state index is 12.1. The van der Waals surface area contributed by atoms with E-state index < -0.39 is 124 Å². The number of rotatable bonds is 9. The maximum Gasteiger partial charge on any atom is 0.217 e. The molecule has 3 fully saturated rings. The molecule has 0 radical (unpaired) electrons. The summed E-state index contributed by atoms with van der Waals surface area (Å²) in [7, 11) is 0. The van der Waals surface area contributed by atoms with Crippen molar-refractivity contribution in [2.75, 3.05) is 19.8 Å². The highest BCUT2D eigenvalue weighted by atomic mass is 16.7. The number of hydrogen-bond acceptors (Lipinski definition) is 16. The molecule has 0 aromatic heterocycles. The summed E-state index contributed by atoms with van der Waals surface area (Å²) in [6.45, 7) is -0.140. The molecule has 3 aliphatic rings. The normalized spacial score (nSPS) is 46.0. The summed E-state index contributed by atoms with van der Waals surface area (Å²) in [6.07, 6.45) is -21.4. The van der Waals surface area contributed by atoms with Crippen LogP contribution < -0.4 is 10.6 Å². The summed E-state index contributed by atoms with van der Waals surface area (Å²) in [5, 5.41) is 96.5. The molecule has 232 valence electrons. The average molecular weight is 587 g/mol. The van der Waals surface area contributed by atoms with E-state index in [-0.39, 0.29) is 0 Å². The molecule has 0 aliphatic carbocycles. The first-order chi connectivity index (χ1) is 18.8. The fourth-order valence-electron chi connectivity index (χ4n) is 4.86. The summed E-state index contributed by atoms with van der Waals surface area (Å²) in [5.41, 5.74) is 0. The molecule has 2 amide bonds. The fraction of sp³-hybridized carbons (Fsp3) is 0.909. The number of ether oxygens (including phenoxy) is 5. The molecule has 11 N–H and O–H groups in total. The quantitative estimate of drug-likeness (QED) is 0.120. The van der Waals surface area contributed by atoms with E-state index in [1.165, 1.54) is 0 Å². The van der Waals surface area contributed by atoms with Gasteiger partial charge in [-0.3, -0.25) is 9.59 Å². The third-order valence-corrected chi connectivity index (χ3v) is 6.90. The van der Waals surface area contributed by atoms with Crippen LogP contribution in [0.4, 0.5) is 0 Å². The van der Waals surface area contributed by atoms with Gasteiger partial charge < -0.3 is 80.3 Å². The van der Waals surface area contributed by atoms with E-state index in [0.717, 1.165) is 13.8 Å². The molecule has 15 atom stereocenters. The van der Waals surface area contributed by atoms with E-state index >= 15 is 0 Å². The molecule has 18 nitrogen and oxygen atoms in total. The Balaban J connectivity index is 1.95. The monoisotopic (exact) mass is 586 g/mol. The summed E-state index contributed by atoms with van der Waals surface area (Å²) in [4.78, 5) is 23.9. The Morgan fingerprint density at radius 3 is 1.55 bits per heavy atom. The lowest BCUT2D eigenvalue weighted by Crippen LogP contribution is -2.70. The van der Waals surface area contributed by atoms with Gasteiger partial charge in [0.1, 0.15) is 73.1 Å². The number of amides is 2. The number of aliphatic hydroxyl groups excluding tert-OH is 9. The van der Waals surface area contributed by atoms with E-state index in [1.54, 1.807) is 0 Å². The number of nitrogens with one attached hydrogen (secondary N) is 2. The Labute approximate surface area is 228 Å². The minimum atomic E-state index is -1.89. The van der Waals surface area contributed by atoms with E-state index in [4.69, 9.17) is 23.7 Å². The van der Waals surface area contributed by atoms with Crippen molar-refractivity contribution in [3.05, 3.63) is 0 Å². The van der Waals surface area contributed by atoms with Gasteiger partial charge in [0.15, 0.2) is 18.9 Å². The van der Waals surface area contributed by atoms with Crippen LogP contribution in [-0.2, 0) is 33.3 Å². The van der Waals surface area contributed by atoms with Crippen LogP contribution in [0.15, 0.2) is 0 Å². The second-order valence-electron chi connectivity index (χ2n) is 9.81. The standard InChI is InChI=1S/C22H38N2O16/c1-6(28)23-11-18(14(31)9(4-26)36-20(11)35)39-21-12(24-7(2)29)19(15(32)10(5-27)37-21)40-22-17(34)16(33)13(30)8(3-25)38-22/h8-22,25-27,30-35H,3-5H2,1-2H3,(H,23,28)(H,24,29)/t8-,9-,10-,11-,12-,13+,14+,15-,16+,17-,18-,19-,20+,21+,22+/m1/s1. The number of carbonyl (C=O) groups excluding carboxylic acids is 2. The van der Waals surface area contributed by atoms with Crippen molar-refractivity contribution >= 4 is 11.8 Å². The van der Waals surface area contributed by atoms with Gasteiger partial charge in [-0.25, -0.2) is 0 Å². The SMILES string of the molecule is CC(=O)N[C@@H]1[C@@H](O[C@@H]2O[C@H](CO)[C@@H](O)[C@H](O[C@@H]3O[C@H](CO)[C@H](O)[C@H](O)[C@H]3O)[C@H]2NC(C)=O)[C@@H](O)[C@@H](CO)O[C@@H]1O. The third kappa shape index (κ3) is 7.05. The molecular formula is C22H38N2O16. The van der Waals surface area contributed by atoms with Gasteiger partial charge >= 0.3 is 0 Å². The molecule has 3 rings (SSSR count). The summed E-state index contributed by atoms with van der Waals surface area (Å²) in [5.74, 6) is -1.34. The zero-order valence-electron chi connectivity index (χ0n) is 21.7. The van der Waals surface area contributed by atoms with Gasteiger partial charge in [-0.05, 0) is 0 Å². The Hall–Kier alpha value is -1.62. The van der Waals surface area contributed by atoms with Crippen molar-refractivity contribution in [2.45, 2.75) is 106 Å². The van der Waals surface area contributed by atoms with Crippen LogP contribution >= 0.6 is 0 Å². The van der Waals surface area contributed by atoms with Crippen LogP contribution in [0.25, 0.3) is 0 Å². The molecule has 0 aromatic rings. The first-order valence-electron chi connectivity index (χ1n) is 12.6. The highest BCUT2D eigenvalue weighted by Crippen LogP contribution is 2.32. The zero-order valence-corrected chi connectivity index (χ0v) is 21.7. The molecule has 0 bridgehead atoms. The minimum absolute atomic E-state index is 0.647. The topological polar surface area (TPSA) is 286 Å². The zero-order chi connectivity index (χ0) is 29.9. The molecular weight excluding hydrogens is 548 g/mol. The van der Waals surface area contributed by atoms with Crippen molar-refractivity contribution in [2.24, 2.45) is 0 Å². The predicted octanol–water partition coefficient (Wildman–Crippen LogP) is -7.29. The number of aliphatic hydroxyl groups is 9. The van der Waals surface area contributed by atoms with E-state index in [2.05, 4.69) is 10.6 Å². The number of carbonyl (C=O) groups is 2. The number of hydrogen-bond donors (Lipinski definition) is 11. The second-order valence-corrected chi connectivity index (χ2v) is 9.81. The molecule has 3 saturated heterocycles. The van der Waals surface area contributed by atoms with Gasteiger partial charge in [0.05, 0.1) is 19.8 Å². The third-order valence-electron chi connectivity index (χ3n) is 6.90. The molecule has 40 heavy (non-hydrogen) atoms. The Morgan fingerprint density at radius 1 is 0.600 bits per heavy atom. The van der Waals surface area contributed by atoms with Crippen molar-refractivity contribution in [3.8, 4) is 0 Å². The van der Waals surface area contributed by atoms with Crippen LogP contribution in [-0.4, -0.2) is 170 Å². The first kappa shape index (κ1) is 32.9. The largest absolute Gasteiger partial charge is 0.394 e. The Morgan fingerprint density at radius 2 is 1.02 bits per heavy atom. The van der Waals surface area contributed by atoms with Crippen LogP contribution in [0.3, 0.4) is 0 Å². The smallest absolute Gasteiger partial charge is 0.217 e. The summed E-state index contributed by atoms with van der Waals surface area (Å²) < 4.78 is 27.7. The van der Waals surface area contributed by atoms with E-state index in [0.29, 0.717) is 0 Å². The van der Waals surface area contributed by atoms with E-state index in [1.807, 2.05) is 0 Å². The van der Waals surface area contributed by atoms with Crippen molar-refractivity contribution < 1.29 is 79.2 Å². The Kier molecular flexibility index (Phi) is 11.5. The van der Waals surface area contributed by atoms with Crippen LogP contribution in [0.5, 0.6) is 0 Å². The van der Waals surface area contributed by atoms with Gasteiger partial charge in [-0.15, -0.1) is 0 Å².